The molecule has 0 aromatic heterocycles. The lowest BCUT2D eigenvalue weighted by Crippen LogP contribution is -2.48. The molecule has 128 valence electrons. The zero-order chi connectivity index (χ0) is 18.2. The second-order valence-corrected chi connectivity index (χ2v) is 5.63. The number of rotatable bonds is 3. The summed E-state index contributed by atoms with van der Waals surface area (Å²) in [5.41, 5.74) is 5.80. The van der Waals surface area contributed by atoms with Crippen molar-refractivity contribution in [2.24, 2.45) is 0 Å². The van der Waals surface area contributed by atoms with Gasteiger partial charge in [-0.15, -0.1) is 0 Å². The summed E-state index contributed by atoms with van der Waals surface area (Å²) in [4.78, 5) is 23.6. The van der Waals surface area contributed by atoms with Crippen molar-refractivity contribution in [3.05, 3.63) is 76.6 Å². The van der Waals surface area contributed by atoms with Gasteiger partial charge in [-0.3, -0.25) is 25.8 Å². The maximum atomic E-state index is 12.8. The van der Waals surface area contributed by atoms with E-state index in [-0.39, 0.29) is 10.9 Å². The van der Waals surface area contributed by atoms with Gasteiger partial charge >= 0.3 is 0 Å². The molecule has 0 bridgehead atoms. The molecule has 2 amide bonds. The van der Waals surface area contributed by atoms with Crippen molar-refractivity contribution in [1.29, 1.82) is 0 Å². The average molecular weight is 378 g/mol. The minimum Gasteiger partial charge on any atom is -0.298 e. The van der Waals surface area contributed by atoms with E-state index in [0.29, 0.717) is 16.1 Å². The Balaban J connectivity index is 1.79. The van der Waals surface area contributed by atoms with Gasteiger partial charge in [-0.2, -0.15) is 0 Å². The standard InChI is InChI=1S/C17H13ClFN3O2S/c18-13-6-4-12(5-7-13)16(24)21-22-17(25)20-15(23)10-3-11-1-8-14(19)9-2-11/h1-10H,(H,21,24)(H2,20,22,23,25). The summed E-state index contributed by atoms with van der Waals surface area (Å²) in [6.45, 7) is 0. The number of carbonyl (C=O) groups is 2. The van der Waals surface area contributed by atoms with Gasteiger partial charge in [0.05, 0.1) is 0 Å². The van der Waals surface area contributed by atoms with Crippen LogP contribution in [0.3, 0.4) is 0 Å². The van der Waals surface area contributed by atoms with Gasteiger partial charge in [0, 0.05) is 16.7 Å². The van der Waals surface area contributed by atoms with Crippen molar-refractivity contribution in [3.63, 3.8) is 0 Å². The monoisotopic (exact) mass is 377 g/mol. The number of halogens is 2. The predicted molar refractivity (Wildman–Crippen MR) is 98.2 cm³/mol. The van der Waals surface area contributed by atoms with Crippen molar-refractivity contribution >= 4 is 46.8 Å². The Kier molecular flexibility index (Phi) is 6.62. The Labute approximate surface area is 153 Å². The maximum Gasteiger partial charge on any atom is 0.269 e. The first-order valence-corrected chi connectivity index (χ1v) is 7.83. The molecule has 0 aliphatic carbocycles. The van der Waals surface area contributed by atoms with Gasteiger partial charge in [0.1, 0.15) is 5.82 Å². The molecule has 2 rings (SSSR count). The number of hydrazine groups is 1. The zero-order valence-corrected chi connectivity index (χ0v) is 14.3. The lowest BCUT2D eigenvalue weighted by atomic mass is 10.2. The van der Waals surface area contributed by atoms with Crippen LogP contribution in [0.2, 0.25) is 5.02 Å². The number of nitrogens with one attached hydrogen (secondary N) is 3. The zero-order valence-electron chi connectivity index (χ0n) is 12.8. The Hall–Kier alpha value is -2.77. The molecule has 0 atom stereocenters. The summed E-state index contributed by atoms with van der Waals surface area (Å²) in [7, 11) is 0. The van der Waals surface area contributed by atoms with E-state index in [9.17, 15) is 14.0 Å². The van der Waals surface area contributed by atoms with E-state index < -0.39 is 11.8 Å². The number of amides is 2. The molecule has 0 heterocycles. The molecule has 0 aliphatic heterocycles. The van der Waals surface area contributed by atoms with Crippen LogP contribution in [0.15, 0.2) is 54.6 Å². The molecule has 0 fully saturated rings. The van der Waals surface area contributed by atoms with Gasteiger partial charge in [0.25, 0.3) is 5.91 Å². The van der Waals surface area contributed by atoms with Crippen molar-refractivity contribution in [2.75, 3.05) is 0 Å². The topological polar surface area (TPSA) is 70.2 Å². The quantitative estimate of drug-likeness (QED) is 0.437. The molecular formula is C17H13ClFN3O2S. The molecule has 2 aromatic rings. The van der Waals surface area contributed by atoms with Crippen molar-refractivity contribution in [1.82, 2.24) is 16.2 Å². The molecule has 25 heavy (non-hydrogen) atoms. The first-order valence-electron chi connectivity index (χ1n) is 7.04. The highest BCUT2D eigenvalue weighted by Gasteiger charge is 2.06. The van der Waals surface area contributed by atoms with Gasteiger partial charge in [-0.05, 0) is 60.3 Å². The molecule has 0 spiro atoms. The van der Waals surface area contributed by atoms with Crippen molar-refractivity contribution in [2.45, 2.75) is 0 Å². The van der Waals surface area contributed by atoms with Crippen LogP contribution in [-0.4, -0.2) is 16.9 Å². The van der Waals surface area contributed by atoms with E-state index in [1.807, 2.05) is 0 Å². The summed E-state index contributed by atoms with van der Waals surface area (Å²) in [5, 5.41) is 2.80. The fourth-order valence-electron chi connectivity index (χ4n) is 1.72. The summed E-state index contributed by atoms with van der Waals surface area (Å²) >= 11 is 10.6. The van der Waals surface area contributed by atoms with Crippen LogP contribution in [-0.2, 0) is 4.79 Å². The Morgan fingerprint density at radius 1 is 1.00 bits per heavy atom. The molecule has 0 aliphatic rings. The maximum absolute atomic E-state index is 12.8. The predicted octanol–water partition coefficient (Wildman–Crippen LogP) is 2.83. The largest absolute Gasteiger partial charge is 0.298 e. The van der Waals surface area contributed by atoms with Gasteiger partial charge < -0.3 is 0 Å². The summed E-state index contributed by atoms with van der Waals surface area (Å²) in [5.74, 6) is -1.29. The minimum absolute atomic E-state index is 0.0731. The van der Waals surface area contributed by atoms with E-state index >= 15 is 0 Å². The Bertz CT molecular complexity index is 808. The normalized spacial score (nSPS) is 10.3. The van der Waals surface area contributed by atoms with E-state index in [1.54, 1.807) is 24.3 Å². The molecule has 8 heteroatoms. The third kappa shape index (κ3) is 6.33. The first kappa shape index (κ1) is 18.6. The summed E-state index contributed by atoms with van der Waals surface area (Å²) < 4.78 is 12.8. The Morgan fingerprint density at radius 2 is 1.64 bits per heavy atom. The van der Waals surface area contributed by atoms with Crippen LogP contribution in [0.4, 0.5) is 4.39 Å². The number of hydrogen-bond donors (Lipinski definition) is 3. The number of hydrogen-bond acceptors (Lipinski definition) is 3. The van der Waals surface area contributed by atoms with Crippen LogP contribution in [0.25, 0.3) is 6.08 Å². The lowest BCUT2D eigenvalue weighted by molar-refractivity contribution is -0.115. The second-order valence-electron chi connectivity index (χ2n) is 4.79. The minimum atomic E-state index is -0.498. The number of benzene rings is 2. The highest BCUT2D eigenvalue weighted by molar-refractivity contribution is 7.80. The lowest BCUT2D eigenvalue weighted by Gasteiger charge is -2.09. The fourth-order valence-corrected chi connectivity index (χ4v) is 2.00. The van der Waals surface area contributed by atoms with Gasteiger partial charge in [0.2, 0.25) is 5.91 Å². The highest BCUT2D eigenvalue weighted by atomic mass is 35.5. The number of thiocarbonyl (C=S) groups is 1. The van der Waals surface area contributed by atoms with E-state index in [2.05, 4.69) is 16.2 Å². The molecule has 0 saturated carbocycles. The van der Waals surface area contributed by atoms with E-state index in [0.717, 1.165) is 0 Å². The molecule has 2 aromatic carbocycles. The van der Waals surface area contributed by atoms with Crippen LogP contribution in [0.5, 0.6) is 0 Å². The van der Waals surface area contributed by atoms with Crippen LogP contribution >= 0.6 is 23.8 Å². The van der Waals surface area contributed by atoms with Crippen molar-refractivity contribution in [3.8, 4) is 0 Å². The van der Waals surface area contributed by atoms with E-state index in [1.165, 1.54) is 36.4 Å². The summed E-state index contributed by atoms with van der Waals surface area (Å²) in [6, 6.07) is 11.9. The first-order chi connectivity index (χ1) is 11.9. The molecular weight excluding hydrogens is 365 g/mol. The highest BCUT2D eigenvalue weighted by Crippen LogP contribution is 2.09. The molecule has 5 nitrogen and oxygen atoms in total. The summed E-state index contributed by atoms with van der Waals surface area (Å²) in [6.07, 6.45) is 2.74. The SMILES string of the molecule is O=C(C=Cc1ccc(F)cc1)NC(=S)NNC(=O)c1ccc(Cl)cc1. The fraction of sp³-hybridized carbons (Fsp3) is 0. The second kappa shape index (κ2) is 8.91. The smallest absolute Gasteiger partial charge is 0.269 e. The molecule has 0 saturated heterocycles. The van der Waals surface area contributed by atoms with Crippen LogP contribution in [0, 0.1) is 5.82 Å². The average Bonchev–Trinajstić information content (AvgIpc) is 2.60. The van der Waals surface area contributed by atoms with Gasteiger partial charge in [-0.1, -0.05) is 23.7 Å². The third-order valence-corrected chi connectivity index (χ3v) is 3.39. The van der Waals surface area contributed by atoms with Crippen LogP contribution in [0.1, 0.15) is 15.9 Å². The third-order valence-electron chi connectivity index (χ3n) is 2.93. The number of carbonyl (C=O) groups excluding carboxylic acids is 2. The molecule has 0 radical (unpaired) electrons. The van der Waals surface area contributed by atoms with Gasteiger partial charge in [-0.25, -0.2) is 4.39 Å². The van der Waals surface area contributed by atoms with Gasteiger partial charge in [0.15, 0.2) is 5.11 Å². The van der Waals surface area contributed by atoms with Crippen LogP contribution < -0.4 is 16.2 Å². The Morgan fingerprint density at radius 3 is 2.28 bits per heavy atom. The molecule has 0 unspecified atom stereocenters. The molecule has 3 N–H and O–H groups in total. The van der Waals surface area contributed by atoms with E-state index in [4.69, 9.17) is 23.8 Å². The van der Waals surface area contributed by atoms with Crippen molar-refractivity contribution < 1.29 is 14.0 Å².